The van der Waals surface area contributed by atoms with E-state index in [-0.39, 0.29) is 6.03 Å². The highest BCUT2D eigenvalue weighted by Gasteiger charge is 2.16. The van der Waals surface area contributed by atoms with Crippen LogP contribution in [0.3, 0.4) is 0 Å². The van der Waals surface area contributed by atoms with E-state index in [1.165, 1.54) is 23.7 Å². The number of carbonyl (C=O) groups excluding carboxylic acids is 1. The van der Waals surface area contributed by atoms with E-state index in [0.29, 0.717) is 12.4 Å². The fourth-order valence-corrected chi connectivity index (χ4v) is 3.86. The van der Waals surface area contributed by atoms with Crippen LogP contribution in [0, 0.1) is 5.21 Å². The van der Waals surface area contributed by atoms with Crippen LogP contribution in [-0.4, -0.2) is 22.5 Å². The number of carbonyl (C=O) groups is 1. The quantitative estimate of drug-likeness (QED) is 0.374. The maximum atomic E-state index is 11.9. The maximum absolute atomic E-state index is 11.9. The van der Waals surface area contributed by atoms with Gasteiger partial charge in [0.2, 0.25) is 0 Å². The molecule has 0 saturated carbocycles. The van der Waals surface area contributed by atoms with E-state index < -0.39 is 0 Å². The monoisotopic (exact) mass is 417 g/mol. The summed E-state index contributed by atoms with van der Waals surface area (Å²) >= 11 is 1.50. The van der Waals surface area contributed by atoms with Crippen LogP contribution in [0.15, 0.2) is 72.5 Å². The van der Waals surface area contributed by atoms with Crippen molar-refractivity contribution in [3.8, 4) is 33.0 Å². The summed E-state index contributed by atoms with van der Waals surface area (Å²) in [7, 11) is 0. The summed E-state index contributed by atoms with van der Waals surface area (Å²) in [5, 5.41) is 20.0. The molecule has 30 heavy (non-hydrogen) atoms. The lowest BCUT2D eigenvalue weighted by Crippen LogP contribution is -2.28. The molecule has 0 bridgehead atoms. The molecule has 4 aromatic rings. The number of nitrogens with zero attached hydrogens (tertiary/aromatic N) is 3. The van der Waals surface area contributed by atoms with Crippen molar-refractivity contribution in [3.05, 3.63) is 77.7 Å². The Balaban J connectivity index is 1.79. The first-order valence-corrected chi connectivity index (χ1v) is 10.3. The molecule has 0 aliphatic heterocycles. The number of nitrogens with one attached hydrogen (secondary N) is 2. The van der Waals surface area contributed by atoms with E-state index in [1.54, 1.807) is 18.3 Å². The molecule has 3 aromatic heterocycles. The minimum absolute atomic E-state index is 0.329. The third kappa shape index (κ3) is 4.28. The summed E-state index contributed by atoms with van der Waals surface area (Å²) in [6, 6.07) is 14.9. The van der Waals surface area contributed by atoms with Gasteiger partial charge >= 0.3 is 6.03 Å². The Morgan fingerprint density at radius 2 is 1.93 bits per heavy atom. The fraction of sp³-hybridized carbons (Fsp3) is 0.0909. The first-order valence-electron chi connectivity index (χ1n) is 9.39. The van der Waals surface area contributed by atoms with Crippen LogP contribution in [0.5, 0.6) is 0 Å². The maximum Gasteiger partial charge on any atom is 0.320 e. The number of aromatic nitrogens is 3. The van der Waals surface area contributed by atoms with Crippen molar-refractivity contribution in [2.24, 2.45) is 0 Å². The number of benzene rings is 1. The summed E-state index contributed by atoms with van der Waals surface area (Å²) in [4.78, 5) is 21.1. The van der Waals surface area contributed by atoms with Crippen molar-refractivity contribution < 1.29 is 9.52 Å². The Bertz CT molecular complexity index is 1180. The number of hydrogen-bond donors (Lipinski definition) is 2. The molecular formula is C22H19N5O2S. The number of amides is 2. The molecule has 0 aliphatic rings. The highest BCUT2D eigenvalue weighted by Crippen LogP contribution is 2.36. The van der Waals surface area contributed by atoms with Crippen molar-refractivity contribution in [2.45, 2.75) is 6.92 Å². The van der Waals surface area contributed by atoms with E-state index in [9.17, 15) is 10.0 Å². The molecule has 4 rings (SSSR count). The average Bonchev–Trinajstić information content (AvgIpc) is 3.25. The minimum Gasteiger partial charge on any atom is -0.619 e. The zero-order valence-corrected chi connectivity index (χ0v) is 17.0. The van der Waals surface area contributed by atoms with Crippen molar-refractivity contribution in [1.29, 1.82) is 0 Å². The molecule has 8 heteroatoms. The van der Waals surface area contributed by atoms with Gasteiger partial charge in [-0.25, -0.2) is 14.8 Å². The largest absolute Gasteiger partial charge is 0.619 e. The van der Waals surface area contributed by atoms with Crippen LogP contribution in [0.25, 0.3) is 33.0 Å². The van der Waals surface area contributed by atoms with Crippen LogP contribution in [0.2, 0.25) is 0 Å². The summed E-state index contributed by atoms with van der Waals surface area (Å²) in [6.07, 6.45) is 4.57. The fourth-order valence-electron chi connectivity index (χ4n) is 3.00. The number of hydrogen-bond acceptors (Lipinski definition) is 5. The Morgan fingerprint density at radius 1 is 1.13 bits per heavy atom. The number of thiazole rings is 1. The molecule has 2 N–H and O–H groups in total. The average molecular weight is 417 g/mol. The number of pyridine rings is 2. The lowest BCUT2D eigenvalue weighted by atomic mass is 10.0. The van der Waals surface area contributed by atoms with Crippen molar-refractivity contribution in [1.82, 2.24) is 15.3 Å². The van der Waals surface area contributed by atoms with Gasteiger partial charge in [0.1, 0.15) is 10.8 Å². The topological polar surface area (TPSA) is 93.9 Å². The Morgan fingerprint density at radius 3 is 2.70 bits per heavy atom. The van der Waals surface area contributed by atoms with Crippen LogP contribution < -0.4 is 15.4 Å². The number of urea groups is 1. The highest BCUT2D eigenvalue weighted by atomic mass is 32.1. The van der Waals surface area contributed by atoms with Crippen molar-refractivity contribution in [2.75, 3.05) is 11.9 Å². The van der Waals surface area contributed by atoms with Crippen LogP contribution in [-0.2, 0) is 0 Å². The molecule has 3 heterocycles. The smallest absolute Gasteiger partial charge is 0.320 e. The van der Waals surface area contributed by atoms with Crippen LogP contribution in [0.1, 0.15) is 6.92 Å². The summed E-state index contributed by atoms with van der Waals surface area (Å²) in [6.45, 7) is 2.35. The van der Waals surface area contributed by atoms with Gasteiger partial charge in [-0.15, -0.1) is 11.3 Å². The van der Waals surface area contributed by atoms with E-state index in [1.807, 2.05) is 48.7 Å². The molecular weight excluding hydrogens is 398 g/mol. The Labute approximate surface area is 177 Å². The van der Waals surface area contributed by atoms with Gasteiger partial charge in [0.15, 0.2) is 12.4 Å². The lowest BCUT2D eigenvalue weighted by Gasteiger charge is -2.10. The van der Waals surface area contributed by atoms with E-state index in [2.05, 4.69) is 15.6 Å². The van der Waals surface area contributed by atoms with Crippen molar-refractivity contribution in [3.63, 3.8) is 0 Å². The molecule has 150 valence electrons. The van der Waals surface area contributed by atoms with Gasteiger partial charge in [0.25, 0.3) is 0 Å². The predicted octanol–water partition coefficient (Wildman–Crippen LogP) is 4.31. The second-order valence-corrected chi connectivity index (χ2v) is 7.31. The van der Waals surface area contributed by atoms with Gasteiger partial charge in [-0.3, -0.25) is 5.32 Å². The van der Waals surface area contributed by atoms with Gasteiger partial charge in [-0.1, -0.05) is 30.3 Å². The molecule has 0 spiro atoms. The minimum atomic E-state index is -0.329. The molecule has 0 radical (unpaired) electrons. The zero-order valence-electron chi connectivity index (χ0n) is 16.2. The van der Waals surface area contributed by atoms with Crippen LogP contribution in [0.4, 0.5) is 10.6 Å². The Hall–Kier alpha value is -3.78. The molecule has 0 saturated heterocycles. The van der Waals surface area contributed by atoms with Gasteiger partial charge in [0.05, 0.1) is 5.69 Å². The van der Waals surface area contributed by atoms with Gasteiger partial charge in [0, 0.05) is 46.4 Å². The summed E-state index contributed by atoms with van der Waals surface area (Å²) < 4.78 is 0.747. The summed E-state index contributed by atoms with van der Waals surface area (Å²) in [5.41, 5.74) is 4.15. The highest BCUT2D eigenvalue weighted by molar-refractivity contribution is 7.13. The molecule has 0 aliphatic carbocycles. The number of rotatable bonds is 5. The van der Waals surface area contributed by atoms with Crippen LogP contribution >= 0.6 is 11.3 Å². The molecule has 0 unspecified atom stereocenters. The first kappa shape index (κ1) is 19.5. The molecule has 0 atom stereocenters. The molecule has 1 aromatic carbocycles. The lowest BCUT2D eigenvalue weighted by molar-refractivity contribution is -0.604. The third-order valence-electron chi connectivity index (χ3n) is 4.37. The Kier molecular flexibility index (Phi) is 5.67. The second-order valence-electron chi connectivity index (χ2n) is 6.46. The molecule has 2 amide bonds. The number of anilines is 1. The van der Waals surface area contributed by atoms with E-state index in [4.69, 9.17) is 4.98 Å². The zero-order chi connectivity index (χ0) is 20.9. The summed E-state index contributed by atoms with van der Waals surface area (Å²) in [5.74, 6) is 0.405. The van der Waals surface area contributed by atoms with Gasteiger partial charge < -0.3 is 10.5 Å². The second kappa shape index (κ2) is 8.71. The van der Waals surface area contributed by atoms with Gasteiger partial charge in [-0.2, -0.15) is 4.73 Å². The standard InChI is InChI=1S/C22H19N5O2S/c1-2-23-22(28)26-20-11-17(18(12-24-20)16-9-6-10-27(29)13-16)21-25-19(14-30-21)15-7-4-3-5-8-15/h3-14H,2H2,1H3,(H2,23,24,26,28). The van der Waals surface area contributed by atoms with E-state index >= 15 is 0 Å². The molecule has 7 nitrogen and oxygen atoms in total. The van der Waals surface area contributed by atoms with Gasteiger partial charge in [-0.05, 0) is 19.1 Å². The van der Waals surface area contributed by atoms with E-state index in [0.717, 1.165) is 37.7 Å². The van der Waals surface area contributed by atoms with Crippen molar-refractivity contribution >= 4 is 23.2 Å². The normalized spacial score (nSPS) is 10.6. The first-order chi connectivity index (χ1) is 14.6. The third-order valence-corrected chi connectivity index (χ3v) is 5.25. The SMILES string of the molecule is CCNC(=O)Nc1cc(-c2nc(-c3ccccc3)cs2)c(-c2ccc[n+]([O-])c2)cn1. The molecule has 0 fully saturated rings. The predicted molar refractivity (Wildman–Crippen MR) is 118 cm³/mol.